The third-order valence-corrected chi connectivity index (χ3v) is 4.20. The van der Waals surface area contributed by atoms with Crippen LogP contribution in [0.2, 0.25) is 0 Å². The third kappa shape index (κ3) is 4.18. The molecule has 1 aliphatic rings. The average Bonchev–Trinajstić information content (AvgIpc) is 2.85. The molecule has 1 aromatic carbocycles. The Balaban J connectivity index is 2.42. The molecule has 4 N–H and O–H groups in total. The van der Waals surface area contributed by atoms with Crippen molar-refractivity contribution in [2.45, 2.75) is 32.4 Å². The summed E-state index contributed by atoms with van der Waals surface area (Å²) in [6.07, 6.45) is 0. The highest BCUT2D eigenvalue weighted by molar-refractivity contribution is 7.88. The molecule has 0 unspecified atom stereocenters. The summed E-state index contributed by atoms with van der Waals surface area (Å²) in [7, 11) is -3.56. The van der Waals surface area contributed by atoms with E-state index in [9.17, 15) is 8.42 Å². The van der Waals surface area contributed by atoms with Gasteiger partial charge >= 0.3 is 0 Å². The molecule has 116 valence electrons. The summed E-state index contributed by atoms with van der Waals surface area (Å²) in [5.74, 6) is 0.859. The lowest BCUT2D eigenvalue weighted by Crippen LogP contribution is -2.27. The van der Waals surface area contributed by atoms with E-state index in [2.05, 4.69) is 29.5 Å². The van der Waals surface area contributed by atoms with E-state index < -0.39 is 10.0 Å². The molecule has 0 saturated heterocycles. The van der Waals surface area contributed by atoms with E-state index in [0.717, 1.165) is 41.4 Å². The van der Waals surface area contributed by atoms with Crippen LogP contribution in [0, 0.1) is 6.92 Å². The minimum atomic E-state index is -3.56. The lowest BCUT2D eigenvalue weighted by atomic mass is 9.97. The SMILES string of the molecule is Cc1c(CS(N)(=O)=O)cc(C(C)C)cc1NC1=NCCN1. The molecule has 1 aromatic rings. The van der Waals surface area contributed by atoms with Crippen molar-refractivity contribution in [3.8, 4) is 0 Å². The number of anilines is 1. The summed E-state index contributed by atoms with van der Waals surface area (Å²) in [6.45, 7) is 7.59. The van der Waals surface area contributed by atoms with Gasteiger partial charge < -0.3 is 10.6 Å². The summed E-state index contributed by atoms with van der Waals surface area (Å²) < 4.78 is 22.8. The van der Waals surface area contributed by atoms with Crippen molar-refractivity contribution >= 4 is 21.7 Å². The second-order valence-corrected chi connectivity index (χ2v) is 7.21. The molecule has 0 aromatic heterocycles. The minimum Gasteiger partial charge on any atom is -0.354 e. The highest BCUT2D eigenvalue weighted by Gasteiger charge is 2.15. The largest absolute Gasteiger partial charge is 0.354 e. The van der Waals surface area contributed by atoms with Crippen LogP contribution < -0.4 is 15.8 Å². The Morgan fingerprint density at radius 2 is 2.14 bits per heavy atom. The second kappa shape index (κ2) is 6.03. The number of nitrogens with one attached hydrogen (secondary N) is 2. The van der Waals surface area contributed by atoms with Gasteiger partial charge in [0, 0.05) is 12.2 Å². The Morgan fingerprint density at radius 3 is 2.67 bits per heavy atom. The van der Waals surface area contributed by atoms with Gasteiger partial charge in [0.05, 0.1) is 12.3 Å². The molecule has 1 aliphatic heterocycles. The van der Waals surface area contributed by atoms with Gasteiger partial charge in [-0.2, -0.15) is 0 Å². The van der Waals surface area contributed by atoms with E-state index in [1.165, 1.54) is 0 Å². The molecular formula is C14H22N4O2S. The van der Waals surface area contributed by atoms with E-state index >= 15 is 0 Å². The number of hydrogen-bond donors (Lipinski definition) is 3. The molecule has 21 heavy (non-hydrogen) atoms. The zero-order chi connectivity index (χ0) is 15.6. The number of primary sulfonamides is 1. The van der Waals surface area contributed by atoms with E-state index in [1.807, 2.05) is 19.1 Å². The minimum absolute atomic E-state index is 0.159. The Morgan fingerprint density at radius 1 is 1.43 bits per heavy atom. The number of nitrogens with two attached hydrogens (primary N) is 1. The molecular weight excluding hydrogens is 288 g/mol. The molecule has 0 aliphatic carbocycles. The average molecular weight is 310 g/mol. The van der Waals surface area contributed by atoms with Crippen LogP contribution in [0.1, 0.15) is 36.5 Å². The molecule has 1 heterocycles. The quantitative estimate of drug-likeness (QED) is 0.780. The van der Waals surface area contributed by atoms with Crippen LogP contribution in [0.4, 0.5) is 5.69 Å². The lowest BCUT2D eigenvalue weighted by Gasteiger charge is -2.17. The molecule has 0 atom stereocenters. The van der Waals surface area contributed by atoms with Crippen molar-refractivity contribution in [3.05, 3.63) is 28.8 Å². The number of aliphatic imine (C=N–C) groups is 1. The molecule has 0 spiro atoms. The number of guanidine groups is 1. The van der Waals surface area contributed by atoms with Gasteiger partial charge in [-0.25, -0.2) is 13.6 Å². The van der Waals surface area contributed by atoms with Gasteiger partial charge in [-0.15, -0.1) is 0 Å². The Bertz CT molecular complexity index is 666. The van der Waals surface area contributed by atoms with Crippen LogP contribution >= 0.6 is 0 Å². The third-order valence-electron chi connectivity index (χ3n) is 3.49. The summed E-state index contributed by atoms with van der Waals surface area (Å²) >= 11 is 0. The van der Waals surface area contributed by atoms with Gasteiger partial charge in [-0.3, -0.25) is 4.99 Å². The molecule has 0 radical (unpaired) electrons. The number of nitrogens with zero attached hydrogens (tertiary/aromatic N) is 1. The van der Waals surface area contributed by atoms with Gasteiger partial charge in [-0.05, 0) is 35.6 Å². The van der Waals surface area contributed by atoms with E-state index in [1.54, 1.807) is 0 Å². The zero-order valence-corrected chi connectivity index (χ0v) is 13.4. The van der Waals surface area contributed by atoms with Crippen molar-refractivity contribution in [2.24, 2.45) is 10.1 Å². The van der Waals surface area contributed by atoms with E-state index in [-0.39, 0.29) is 5.75 Å². The van der Waals surface area contributed by atoms with E-state index in [0.29, 0.717) is 5.92 Å². The van der Waals surface area contributed by atoms with Crippen molar-refractivity contribution in [1.29, 1.82) is 0 Å². The maximum absolute atomic E-state index is 11.4. The first-order valence-corrected chi connectivity index (χ1v) is 8.67. The standard InChI is InChI=1S/C14H22N4O2S/c1-9(2)11-6-12(8-21(15,19)20)10(3)13(7-11)18-14-16-4-5-17-14/h6-7,9H,4-5,8H2,1-3H3,(H2,15,19,20)(H2,16,17,18). The van der Waals surface area contributed by atoms with Crippen LogP contribution in [0.5, 0.6) is 0 Å². The predicted molar refractivity (Wildman–Crippen MR) is 86.0 cm³/mol. The second-order valence-electron chi connectivity index (χ2n) is 5.60. The van der Waals surface area contributed by atoms with Crippen molar-refractivity contribution in [2.75, 3.05) is 18.4 Å². The molecule has 0 amide bonds. The smallest absolute Gasteiger partial charge is 0.213 e. The van der Waals surface area contributed by atoms with Crippen molar-refractivity contribution in [1.82, 2.24) is 5.32 Å². The molecule has 6 nitrogen and oxygen atoms in total. The summed E-state index contributed by atoms with van der Waals surface area (Å²) in [4.78, 5) is 4.30. The fourth-order valence-corrected chi connectivity index (χ4v) is 2.97. The van der Waals surface area contributed by atoms with Crippen LogP contribution in [-0.4, -0.2) is 27.5 Å². The van der Waals surface area contributed by atoms with Crippen LogP contribution in [0.25, 0.3) is 0 Å². The van der Waals surface area contributed by atoms with Gasteiger partial charge in [-0.1, -0.05) is 19.9 Å². The molecule has 2 rings (SSSR count). The summed E-state index contributed by atoms with van der Waals surface area (Å²) in [6, 6.07) is 3.95. The highest BCUT2D eigenvalue weighted by Crippen LogP contribution is 2.27. The molecule has 0 bridgehead atoms. The van der Waals surface area contributed by atoms with Crippen LogP contribution in [-0.2, 0) is 15.8 Å². The first kappa shape index (κ1) is 15.8. The zero-order valence-electron chi connectivity index (χ0n) is 12.6. The maximum atomic E-state index is 11.4. The highest BCUT2D eigenvalue weighted by atomic mass is 32.2. The normalized spacial score (nSPS) is 15.0. The first-order valence-electron chi connectivity index (χ1n) is 6.95. The van der Waals surface area contributed by atoms with Crippen LogP contribution in [0.3, 0.4) is 0 Å². The maximum Gasteiger partial charge on any atom is 0.213 e. The van der Waals surface area contributed by atoms with Gasteiger partial charge in [0.1, 0.15) is 0 Å². The molecule has 0 fully saturated rings. The molecule has 0 saturated carbocycles. The Kier molecular flexibility index (Phi) is 4.53. The fraction of sp³-hybridized carbons (Fsp3) is 0.500. The monoisotopic (exact) mass is 310 g/mol. The van der Waals surface area contributed by atoms with Gasteiger partial charge in [0.15, 0.2) is 5.96 Å². The number of hydrogen-bond acceptors (Lipinski definition) is 5. The Hall–Kier alpha value is -1.60. The Labute approximate surface area is 125 Å². The summed E-state index contributed by atoms with van der Waals surface area (Å²) in [5.41, 5.74) is 3.54. The number of sulfonamides is 1. The van der Waals surface area contributed by atoms with Gasteiger partial charge in [0.25, 0.3) is 0 Å². The topological polar surface area (TPSA) is 96.6 Å². The lowest BCUT2D eigenvalue weighted by molar-refractivity contribution is 0.597. The van der Waals surface area contributed by atoms with E-state index in [4.69, 9.17) is 5.14 Å². The predicted octanol–water partition coefficient (Wildman–Crippen LogP) is 1.28. The van der Waals surface area contributed by atoms with Crippen molar-refractivity contribution in [3.63, 3.8) is 0 Å². The summed E-state index contributed by atoms with van der Waals surface area (Å²) in [5, 5.41) is 11.6. The fourth-order valence-electron chi connectivity index (χ4n) is 2.24. The van der Waals surface area contributed by atoms with Crippen molar-refractivity contribution < 1.29 is 8.42 Å². The van der Waals surface area contributed by atoms with Crippen LogP contribution in [0.15, 0.2) is 17.1 Å². The first-order chi connectivity index (χ1) is 9.76. The van der Waals surface area contributed by atoms with Gasteiger partial charge in [0.2, 0.25) is 10.0 Å². The number of benzene rings is 1. The number of rotatable bonds is 4. The molecule has 7 heteroatoms.